The average Bonchev–Trinajstić information content (AvgIpc) is 2.13. The molecule has 0 fully saturated rings. The van der Waals surface area contributed by atoms with E-state index in [1.807, 2.05) is 6.07 Å². The molecule has 0 spiro atoms. The van der Waals surface area contributed by atoms with Crippen LogP contribution in [0.1, 0.15) is 34.1 Å². The number of hydrogen-bond donors (Lipinski definition) is 1. The van der Waals surface area contributed by atoms with Crippen LogP contribution in [0.3, 0.4) is 0 Å². The van der Waals surface area contributed by atoms with Crippen LogP contribution in [-0.2, 0) is 4.74 Å². The third-order valence-corrected chi connectivity index (χ3v) is 1.64. The van der Waals surface area contributed by atoms with Crippen LogP contribution in [0.5, 0.6) is 0 Å². The van der Waals surface area contributed by atoms with Gasteiger partial charge in [0.2, 0.25) is 6.04 Å². The molecule has 0 saturated heterocycles. The van der Waals surface area contributed by atoms with Gasteiger partial charge in [0.25, 0.3) is 0 Å². The Morgan fingerprint density at radius 3 is 2.56 bits per heavy atom. The van der Waals surface area contributed by atoms with Crippen molar-refractivity contribution in [2.24, 2.45) is 0 Å². The Labute approximate surface area is 96.2 Å². The molecule has 2 atom stereocenters. The fraction of sp³-hybridized carbons (Fsp3) is 0.727. The molecule has 1 amide bonds. The Kier molecular flexibility index (Phi) is 5.32. The Bertz CT molecular complexity index is 320. The standard InChI is InChI=1S/C11H17N3O2/c1-8(13-5)6-9(7-12)14-10(15)16-11(2,3)4/h8-9H,6H2,1-4H3,(H,14,15)/t8-,9-/m0/s1. The molecule has 5 heteroatoms. The largest absolute Gasteiger partial charge is 0.444 e. The first-order valence-corrected chi connectivity index (χ1v) is 5.04. The summed E-state index contributed by atoms with van der Waals surface area (Å²) in [6.07, 6.45) is -0.324. The average molecular weight is 223 g/mol. The molecular weight excluding hydrogens is 206 g/mol. The number of carbonyl (C=O) groups is 1. The highest BCUT2D eigenvalue weighted by molar-refractivity contribution is 5.68. The number of hydrogen-bond acceptors (Lipinski definition) is 3. The van der Waals surface area contributed by atoms with Crippen molar-refractivity contribution in [1.29, 1.82) is 5.26 Å². The molecular formula is C11H17N3O2. The Hall–Kier alpha value is -1.75. The van der Waals surface area contributed by atoms with E-state index in [4.69, 9.17) is 16.6 Å². The van der Waals surface area contributed by atoms with Gasteiger partial charge in [-0.2, -0.15) is 5.26 Å². The molecule has 88 valence electrons. The fourth-order valence-electron chi connectivity index (χ4n) is 0.988. The van der Waals surface area contributed by atoms with Crippen molar-refractivity contribution in [3.63, 3.8) is 0 Å². The topological polar surface area (TPSA) is 66.5 Å². The van der Waals surface area contributed by atoms with Crippen LogP contribution in [0.15, 0.2) is 0 Å². The predicted octanol–water partition coefficient (Wildman–Crippen LogP) is 2.10. The lowest BCUT2D eigenvalue weighted by molar-refractivity contribution is 0.0514. The zero-order chi connectivity index (χ0) is 12.8. The number of amides is 1. The molecule has 16 heavy (non-hydrogen) atoms. The highest BCUT2D eigenvalue weighted by Gasteiger charge is 2.21. The van der Waals surface area contributed by atoms with E-state index in [0.717, 1.165) is 0 Å². The van der Waals surface area contributed by atoms with Crippen LogP contribution in [0.2, 0.25) is 0 Å². The second-order valence-electron chi connectivity index (χ2n) is 4.54. The van der Waals surface area contributed by atoms with Crippen LogP contribution in [0, 0.1) is 17.9 Å². The van der Waals surface area contributed by atoms with E-state index in [1.54, 1.807) is 27.7 Å². The molecule has 0 aliphatic rings. The molecule has 0 rings (SSSR count). The molecule has 0 aliphatic carbocycles. The van der Waals surface area contributed by atoms with Gasteiger partial charge in [0.05, 0.1) is 12.5 Å². The minimum atomic E-state index is -0.682. The fourth-order valence-corrected chi connectivity index (χ4v) is 0.988. The number of ether oxygens (including phenoxy) is 1. The van der Waals surface area contributed by atoms with Crippen molar-refractivity contribution in [2.45, 2.75) is 51.8 Å². The maximum Gasteiger partial charge on any atom is 0.408 e. The molecule has 0 bridgehead atoms. The van der Waals surface area contributed by atoms with E-state index in [-0.39, 0.29) is 6.04 Å². The minimum absolute atomic E-state index is 0.292. The number of carbonyl (C=O) groups excluding carboxylic acids is 1. The second kappa shape index (κ2) is 5.97. The summed E-state index contributed by atoms with van der Waals surface area (Å²) in [6, 6.07) is 0.955. The summed E-state index contributed by atoms with van der Waals surface area (Å²) in [5.74, 6) is 0. The van der Waals surface area contributed by atoms with Crippen LogP contribution in [-0.4, -0.2) is 23.8 Å². The molecule has 0 saturated carbocycles. The number of nitriles is 1. The summed E-state index contributed by atoms with van der Waals surface area (Å²) in [6.45, 7) is 13.7. The number of nitrogens with zero attached hydrogens (tertiary/aromatic N) is 2. The lowest BCUT2D eigenvalue weighted by Crippen LogP contribution is -2.39. The normalized spacial score (nSPS) is 14.1. The van der Waals surface area contributed by atoms with Gasteiger partial charge >= 0.3 is 6.09 Å². The number of nitrogens with one attached hydrogen (secondary N) is 1. The summed E-state index contributed by atoms with van der Waals surface area (Å²) >= 11 is 0. The van der Waals surface area contributed by atoms with Crippen LogP contribution < -0.4 is 5.32 Å². The summed E-state index contributed by atoms with van der Waals surface area (Å²) in [4.78, 5) is 14.6. The van der Waals surface area contributed by atoms with E-state index in [1.165, 1.54) is 0 Å². The minimum Gasteiger partial charge on any atom is -0.444 e. The molecule has 1 N–H and O–H groups in total. The highest BCUT2D eigenvalue weighted by atomic mass is 16.6. The van der Waals surface area contributed by atoms with Crippen molar-refractivity contribution in [3.8, 4) is 6.07 Å². The van der Waals surface area contributed by atoms with Gasteiger partial charge in [0.15, 0.2) is 0 Å². The van der Waals surface area contributed by atoms with Crippen molar-refractivity contribution >= 4 is 6.09 Å². The smallest absolute Gasteiger partial charge is 0.408 e. The molecule has 0 aromatic rings. The Morgan fingerprint density at radius 1 is 1.62 bits per heavy atom. The first-order chi connectivity index (χ1) is 7.28. The molecule has 0 aliphatic heterocycles. The van der Waals surface area contributed by atoms with E-state index < -0.39 is 17.7 Å². The van der Waals surface area contributed by atoms with Gasteiger partial charge in [-0.25, -0.2) is 11.4 Å². The Balaban J connectivity index is 4.20. The SMILES string of the molecule is [C-]#[N+][C@@H](C)C[C@@H](C#N)NC(=O)OC(C)(C)C. The molecule has 0 aromatic heterocycles. The van der Waals surface area contributed by atoms with Crippen molar-refractivity contribution in [1.82, 2.24) is 5.32 Å². The van der Waals surface area contributed by atoms with E-state index in [0.29, 0.717) is 6.42 Å². The summed E-state index contributed by atoms with van der Waals surface area (Å²) in [5, 5.41) is 11.2. The van der Waals surface area contributed by atoms with Gasteiger partial charge in [-0.3, -0.25) is 0 Å². The molecule has 0 radical (unpaired) electrons. The van der Waals surface area contributed by atoms with E-state index >= 15 is 0 Å². The molecule has 0 heterocycles. The van der Waals surface area contributed by atoms with Gasteiger partial charge in [0.1, 0.15) is 11.6 Å². The van der Waals surface area contributed by atoms with Gasteiger partial charge < -0.3 is 14.9 Å². The summed E-state index contributed by atoms with van der Waals surface area (Å²) in [7, 11) is 0. The van der Waals surface area contributed by atoms with Gasteiger partial charge in [-0.05, 0) is 20.8 Å². The number of rotatable bonds is 3. The lowest BCUT2D eigenvalue weighted by atomic mass is 10.1. The predicted molar refractivity (Wildman–Crippen MR) is 59.5 cm³/mol. The van der Waals surface area contributed by atoms with Crippen molar-refractivity contribution in [3.05, 3.63) is 11.4 Å². The molecule has 0 aromatic carbocycles. The van der Waals surface area contributed by atoms with Crippen molar-refractivity contribution < 1.29 is 9.53 Å². The molecule has 0 unspecified atom stereocenters. The first-order valence-electron chi connectivity index (χ1n) is 5.04. The first kappa shape index (κ1) is 14.2. The maximum atomic E-state index is 11.3. The van der Waals surface area contributed by atoms with Crippen LogP contribution >= 0.6 is 0 Å². The van der Waals surface area contributed by atoms with E-state index in [2.05, 4.69) is 10.2 Å². The number of alkyl carbamates (subject to hydrolysis) is 1. The third kappa shape index (κ3) is 6.67. The van der Waals surface area contributed by atoms with Crippen LogP contribution in [0.25, 0.3) is 4.85 Å². The van der Waals surface area contributed by atoms with Crippen LogP contribution in [0.4, 0.5) is 4.79 Å². The lowest BCUT2D eigenvalue weighted by Gasteiger charge is -2.20. The van der Waals surface area contributed by atoms with Gasteiger partial charge in [-0.15, -0.1) is 0 Å². The van der Waals surface area contributed by atoms with Crippen molar-refractivity contribution in [2.75, 3.05) is 0 Å². The zero-order valence-electron chi connectivity index (χ0n) is 10.1. The van der Waals surface area contributed by atoms with Gasteiger partial charge in [-0.1, -0.05) is 0 Å². The van der Waals surface area contributed by atoms with E-state index in [9.17, 15) is 4.79 Å². The maximum absolute atomic E-state index is 11.3. The monoisotopic (exact) mass is 223 g/mol. The third-order valence-electron chi connectivity index (χ3n) is 1.64. The van der Waals surface area contributed by atoms with Gasteiger partial charge in [0, 0.05) is 6.92 Å². The molecule has 5 nitrogen and oxygen atoms in total. The quantitative estimate of drug-likeness (QED) is 0.745. The highest BCUT2D eigenvalue weighted by Crippen LogP contribution is 2.08. The Morgan fingerprint density at radius 2 is 2.19 bits per heavy atom. The second-order valence-corrected chi connectivity index (χ2v) is 4.54. The summed E-state index contributed by atoms with van der Waals surface area (Å²) in [5.41, 5.74) is -0.588. The summed E-state index contributed by atoms with van der Waals surface area (Å²) < 4.78 is 5.01. The zero-order valence-corrected chi connectivity index (χ0v) is 10.1.